The topological polar surface area (TPSA) is 118 Å². The number of Topliss-reactive ketones (excluding diaryl/α,β-unsaturated/α-hetero) is 1. The van der Waals surface area contributed by atoms with E-state index in [-0.39, 0.29) is 36.1 Å². The smallest absolute Gasteiger partial charge is 0.342 e. The van der Waals surface area contributed by atoms with Crippen LogP contribution in [0.3, 0.4) is 0 Å². The van der Waals surface area contributed by atoms with Gasteiger partial charge in [-0.1, -0.05) is 13.8 Å². The first-order chi connectivity index (χ1) is 16.6. The Labute approximate surface area is 203 Å². The van der Waals surface area contributed by atoms with Crippen LogP contribution in [0.5, 0.6) is 0 Å². The summed E-state index contributed by atoms with van der Waals surface area (Å²) in [5, 5.41) is 0. The average Bonchev–Trinajstić information content (AvgIpc) is 3.38. The van der Waals surface area contributed by atoms with Gasteiger partial charge in [0.25, 0.3) is 0 Å². The minimum atomic E-state index is -0.996. The van der Waals surface area contributed by atoms with E-state index >= 15 is 0 Å². The highest BCUT2D eigenvalue weighted by Crippen LogP contribution is 2.62. The summed E-state index contributed by atoms with van der Waals surface area (Å²) in [6, 6.07) is 0. The highest BCUT2D eigenvalue weighted by atomic mass is 16.6. The minimum Gasteiger partial charge on any atom is -0.462 e. The largest absolute Gasteiger partial charge is 0.462 e. The predicted molar refractivity (Wildman–Crippen MR) is 120 cm³/mol. The van der Waals surface area contributed by atoms with Crippen LogP contribution in [0.1, 0.15) is 79.9 Å². The van der Waals surface area contributed by atoms with Crippen molar-refractivity contribution in [3.05, 3.63) is 34.3 Å². The van der Waals surface area contributed by atoms with Crippen molar-refractivity contribution in [3.8, 4) is 0 Å². The number of furan rings is 1. The molecule has 0 amide bonds. The van der Waals surface area contributed by atoms with E-state index in [1.165, 1.54) is 20.3 Å². The van der Waals surface area contributed by atoms with Crippen LogP contribution in [-0.2, 0) is 34.0 Å². The summed E-state index contributed by atoms with van der Waals surface area (Å²) in [6.45, 7) is 7.05. The zero-order chi connectivity index (χ0) is 25.3. The van der Waals surface area contributed by atoms with Gasteiger partial charge < -0.3 is 23.4 Å². The molecular formula is C26H30O9. The molecule has 0 unspecified atom stereocenters. The standard InChI is InChI=1S/C26H30O9/c1-6-18(28)34-15-9-25(3)14(7-8-16(25)33-12(2)27)19-21(15)26(4)17(11-31-5)35-24(30)13-10-32-23(20(13)26)22(19)29/h10,14-17H,6-9,11H2,1-5H3/t14-,15+,16-,17+,25-,26-/m0/s1. The van der Waals surface area contributed by atoms with Crippen molar-refractivity contribution in [2.75, 3.05) is 13.7 Å². The van der Waals surface area contributed by atoms with Gasteiger partial charge in [-0.2, -0.15) is 0 Å². The number of fused-ring (bicyclic) bond motifs is 3. The Morgan fingerprint density at radius 1 is 1.17 bits per heavy atom. The fraction of sp³-hybridized carbons (Fsp3) is 0.615. The van der Waals surface area contributed by atoms with E-state index < -0.39 is 47.0 Å². The average molecular weight is 487 g/mol. The first-order valence-corrected chi connectivity index (χ1v) is 12.1. The van der Waals surface area contributed by atoms with Crippen molar-refractivity contribution in [2.24, 2.45) is 11.3 Å². The van der Waals surface area contributed by atoms with E-state index in [1.54, 1.807) is 6.92 Å². The number of allylic oxidation sites excluding steroid dienone is 1. The van der Waals surface area contributed by atoms with Gasteiger partial charge in [-0.15, -0.1) is 0 Å². The Morgan fingerprint density at radius 2 is 1.91 bits per heavy atom. The summed E-state index contributed by atoms with van der Waals surface area (Å²) in [5.41, 5.74) is 0.203. The third-order valence-electron chi connectivity index (χ3n) is 8.46. The van der Waals surface area contributed by atoms with Crippen molar-refractivity contribution >= 4 is 23.7 Å². The Kier molecular flexibility index (Phi) is 5.47. The monoisotopic (exact) mass is 486 g/mol. The Hall–Kier alpha value is -2.94. The molecule has 5 rings (SSSR count). The van der Waals surface area contributed by atoms with Crippen LogP contribution in [0.2, 0.25) is 0 Å². The molecule has 1 saturated carbocycles. The van der Waals surface area contributed by atoms with Crippen molar-refractivity contribution in [1.82, 2.24) is 0 Å². The number of carbonyl (C=O) groups excluding carboxylic acids is 4. The summed E-state index contributed by atoms with van der Waals surface area (Å²) in [4.78, 5) is 51.2. The van der Waals surface area contributed by atoms with E-state index in [0.29, 0.717) is 36.0 Å². The molecule has 0 aromatic carbocycles. The van der Waals surface area contributed by atoms with Crippen LogP contribution in [0.4, 0.5) is 0 Å². The number of esters is 3. The van der Waals surface area contributed by atoms with Gasteiger partial charge in [-0.3, -0.25) is 14.4 Å². The summed E-state index contributed by atoms with van der Waals surface area (Å²) in [6.07, 6.45) is 1.08. The second-order valence-electron chi connectivity index (χ2n) is 10.3. The Bertz CT molecular complexity index is 1160. The van der Waals surface area contributed by atoms with Gasteiger partial charge in [0.05, 0.1) is 12.0 Å². The molecule has 35 heavy (non-hydrogen) atoms. The second-order valence-corrected chi connectivity index (χ2v) is 10.3. The van der Waals surface area contributed by atoms with Crippen LogP contribution >= 0.6 is 0 Å². The van der Waals surface area contributed by atoms with Crippen molar-refractivity contribution < 1.29 is 42.5 Å². The van der Waals surface area contributed by atoms with Crippen LogP contribution in [0.15, 0.2) is 21.8 Å². The number of methoxy groups -OCH3 is 1. The van der Waals surface area contributed by atoms with E-state index in [0.717, 1.165) is 0 Å². The lowest BCUT2D eigenvalue weighted by molar-refractivity contribution is -0.159. The fourth-order valence-electron chi connectivity index (χ4n) is 6.89. The van der Waals surface area contributed by atoms with Gasteiger partial charge in [-0.25, -0.2) is 4.79 Å². The zero-order valence-corrected chi connectivity index (χ0v) is 20.6. The number of rotatable bonds is 5. The van der Waals surface area contributed by atoms with Crippen molar-refractivity contribution in [3.63, 3.8) is 0 Å². The van der Waals surface area contributed by atoms with Gasteiger partial charge in [0.15, 0.2) is 5.76 Å². The first-order valence-electron chi connectivity index (χ1n) is 12.1. The lowest BCUT2D eigenvalue weighted by atomic mass is 9.54. The number of carbonyl (C=O) groups is 4. The van der Waals surface area contributed by atoms with Crippen LogP contribution in [0.25, 0.3) is 0 Å². The van der Waals surface area contributed by atoms with Gasteiger partial charge in [0, 0.05) is 37.0 Å². The second kappa shape index (κ2) is 8.05. The van der Waals surface area contributed by atoms with Gasteiger partial charge in [-0.05, 0) is 37.7 Å². The molecule has 1 aliphatic heterocycles. The molecule has 9 nitrogen and oxygen atoms in total. The summed E-state index contributed by atoms with van der Waals surface area (Å²) >= 11 is 0. The van der Waals surface area contributed by atoms with Gasteiger partial charge in [0.1, 0.15) is 30.1 Å². The summed E-state index contributed by atoms with van der Waals surface area (Å²) in [5.74, 6) is -1.83. The minimum absolute atomic E-state index is 0.0870. The van der Waals surface area contributed by atoms with E-state index in [1.807, 2.05) is 13.8 Å². The Balaban J connectivity index is 1.76. The lowest BCUT2D eigenvalue weighted by Crippen LogP contribution is -2.57. The molecule has 0 saturated heterocycles. The third kappa shape index (κ3) is 3.16. The lowest BCUT2D eigenvalue weighted by Gasteiger charge is -2.52. The molecule has 188 valence electrons. The maximum Gasteiger partial charge on any atom is 0.342 e. The zero-order valence-electron chi connectivity index (χ0n) is 20.6. The van der Waals surface area contributed by atoms with Gasteiger partial charge >= 0.3 is 17.9 Å². The molecule has 2 heterocycles. The van der Waals surface area contributed by atoms with Crippen LogP contribution in [-0.4, -0.2) is 55.7 Å². The molecule has 0 radical (unpaired) electrons. The molecular weight excluding hydrogens is 456 g/mol. The maximum atomic E-state index is 14.0. The highest BCUT2D eigenvalue weighted by molar-refractivity contribution is 6.13. The molecule has 1 aromatic heterocycles. The number of hydrogen-bond acceptors (Lipinski definition) is 9. The molecule has 0 spiro atoms. The van der Waals surface area contributed by atoms with E-state index in [2.05, 4.69) is 0 Å². The third-order valence-corrected chi connectivity index (χ3v) is 8.46. The fourth-order valence-corrected chi connectivity index (χ4v) is 6.89. The van der Waals surface area contributed by atoms with E-state index in [9.17, 15) is 19.2 Å². The van der Waals surface area contributed by atoms with Crippen LogP contribution < -0.4 is 0 Å². The molecule has 1 fully saturated rings. The first kappa shape index (κ1) is 23.8. The SMILES string of the molecule is CCC(=O)O[C@@H]1C[C@]2(C)[C@@H](OC(C)=O)CC[C@H]2C2=C1[C@]1(C)c3c(coc3C2=O)C(=O)O[C@@H]1COC. The molecule has 9 heteroatoms. The molecule has 3 aliphatic carbocycles. The summed E-state index contributed by atoms with van der Waals surface area (Å²) in [7, 11) is 1.51. The van der Waals surface area contributed by atoms with Crippen molar-refractivity contribution in [1.29, 1.82) is 0 Å². The number of cyclic esters (lactones) is 1. The quantitative estimate of drug-likeness (QED) is 0.456. The molecule has 6 atom stereocenters. The predicted octanol–water partition coefficient (Wildman–Crippen LogP) is 3.29. The maximum absolute atomic E-state index is 14.0. The molecule has 0 bridgehead atoms. The highest BCUT2D eigenvalue weighted by Gasteiger charge is 2.65. The van der Waals surface area contributed by atoms with Crippen molar-refractivity contribution in [2.45, 2.75) is 77.1 Å². The summed E-state index contributed by atoms with van der Waals surface area (Å²) < 4.78 is 28.6. The van der Waals surface area contributed by atoms with Crippen LogP contribution in [0, 0.1) is 11.3 Å². The number of ketones is 1. The van der Waals surface area contributed by atoms with Gasteiger partial charge in [0.2, 0.25) is 5.78 Å². The molecule has 1 aromatic rings. The Morgan fingerprint density at radius 3 is 2.57 bits per heavy atom. The number of ether oxygens (including phenoxy) is 4. The number of hydrogen-bond donors (Lipinski definition) is 0. The van der Waals surface area contributed by atoms with E-state index in [4.69, 9.17) is 23.4 Å². The molecule has 4 aliphatic rings. The molecule has 0 N–H and O–H groups in total. The normalized spacial score (nSPS) is 35.1.